The molecule has 0 N–H and O–H groups in total. The molecule has 4 heteroatoms. The third kappa shape index (κ3) is 4.01. The van der Waals surface area contributed by atoms with E-state index < -0.39 is 0 Å². The number of aryl methyl sites for hydroxylation is 1. The second kappa shape index (κ2) is 7.97. The zero-order valence-electron chi connectivity index (χ0n) is 15.4. The summed E-state index contributed by atoms with van der Waals surface area (Å²) in [7, 11) is 0. The molecule has 0 radical (unpaired) electrons. The molecule has 1 atom stereocenters. The molecule has 1 aliphatic heterocycles. The summed E-state index contributed by atoms with van der Waals surface area (Å²) in [6.45, 7) is 1.57. The first-order valence-electron chi connectivity index (χ1n) is 9.77. The Hall–Kier alpha value is -1.94. The van der Waals surface area contributed by atoms with Gasteiger partial charge in [-0.05, 0) is 54.9 Å². The number of carbonyl (C=O) groups excluding carboxylic acids is 2. The molecule has 2 aromatic carbocycles. The minimum Gasteiger partial charge on any atom is -0.342 e. The van der Waals surface area contributed by atoms with E-state index in [1.807, 2.05) is 35.2 Å². The van der Waals surface area contributed by atoms with E-state index in [0.29, 0.717) is 12.3 Å². The third-order valence-corrected chi connectivity index (χ3v) is 6.48. The number of benzene rings is 2. The Morgan fingerprint density at radius 2 is 1.78 bits per heavy atom. The van der Waals surface area contributed by atoms with Gasteiger partial charge in [0.15, 0.2) is 5.78 Å². The molecular weight excluding hydrogens is 402 g/mol. The van der Waals surface area contributed by atoms with Gasteiger partial charge in [-0.15, -0.1) is 0 Å². The number of likely N-dealkylation sites (tertiary alicyclic amines) is 1. The smallest absolute Gasteiger partial charge is 0.226 e. The standard InChI is InChI=1S/C23H24BrNO2/c24-20-6-3-5-18(14-20)16-10-12-25(13-11-16)23(27)19-9-8-17-4-1-2-7-21(17)22(26)15-19/h1-7,14,16,19H,8-13,15H2. The molecule has 1 fully saturated rings. The number of Topliss-reactive ketones (excluding diaryl/α,β-unsaturated/α-hetero) is 1. The zero-order valence-corrected chi connectivity index (χ0v) is 17.0. The van der Waals surface area contributed by atoms with E-state index in [2.05, 4.69) is 34.1 Å². The lowest BCUT2D eigenvalue weighted by Gasteiger charge is -2.34. The Bertz CT molecular complexity index is 855. The molecular formula is C23H24BrNO2. The molecule has 1 saturated heterocycles. The van der Waals surface area contributed by atoms with Crippen LogP contribution in [0.5, 0.6) is 0 Å². The fourth-order valence-corrected chi connectivity index (χ4v) is 4.86. The topological polar surface area (TPSA) is 37.4 Å². The number of rotatable bonds is 2. The number of hydrogen-bond donors (Lipinski definition) is 0. The van der Waals surface area contributed by atoms with Gasteiger partial charge in [-0.1, -0.05) is 52.3 Å². The first-order valence-corrected chi connectivity index (χ1v) is 10.6. The maximum Gasteiger partial charge on any atom is 0.226 e. The first-order chi connectivity index (χ1) is 13.1. The molecule has 4 rings (SSSR count). The van der Waals surface area contributed by atoms with E-state index in [-0.39, 0.29) is 17.6 Å². The zero-order chi connectivity index (χ0) is 18.8. The molecule has 0 spiro atoms. The van der Waals surface area contributed by atoms with Crippen LogP contribution < -0.4 is 0 Å². The number of nitrogens with zero attached hydrogens (tertiary/aromatic N) is 1. The van der Waals surface area contributed by atoms with Gasteiger partial charge in [-0.3, -0.25) is 9.59 Å². The minimum atomic E-state index is -0.174. The lowest BCUT2D eigenvalue weighted by atomic mass is 9.88. The number of ketones is 1. The van der Waals surface area contributed by atoms with Crippen molar-refractivity contribution in [2.24, 2.45) is 5.92 Å². The van der Waals surface area contributed by atoms with E-state index in [0.717, 1.165) is 54.4 Å². The fourth-order valence-electron chi connectivity index (χ4n) is 4.44. The Morgan fingerprint density at radius 3 is 2.56 bits per heavy atom. The van der Waals surface area contributed by atoms with E-state index in [9.17, 15) is 9.59 Å². The predicted molar refractivity (Wildman–Crippen MR) is 110 cm³/mol. The Morgan fingerprint density at radius 1 is 1.00 bits per heavy atom. The van der Waals surface area contributed by atoms with Crippen molar-refractivity contribution in [2.75, 3.05) is 13.1 Å². The van der Waals surface area contributed by atoms with Gasteiger partial charge >= 0.3 is 0 Å². The van der Waals surface area contributed by atoms with Crippen molar-refractivity contribution in [3.05, 3.63) is 69.7 Å². The van der Waals surface area contributed by atoms with Crippen molar-refractivity contribution in [1.29, 1.82) is 0 Å². The summed E-state index contributed by atoms with van der Waals surface area (Å²) < 4.78 is 1.11. The monoisotopic (exact) mass is 425 g/mol. The van der Waals surface area contributed by atoms with Crippen LogP contribution in [0.25, 0.3) is 0 Å². The van der Waals surface area contributed by atoms with Crippen molar-refractivity contribution in [2.45, 2.75) is 38.0 Å². The third-order valence-electron chi connectivity index (χ3n) is 5.99. The van der Waals surface area contributed by atoms with E-state index in [1.54, 1.807) is 0 Å². The van der Waals surface area contributed by atoms with Crippen LogP contribution in [-0.2, 0) is 11.2 Å². The number of fused-ring (bicyclic) bond motifs is 1. The molecule has 0 saturated carbocycles. The summed E-state index contributed by atoms with van der Waals surface area (Å²) in [5, 5.41) is 0. The summed E-state index contributed by atoms with van der Waals surface area (Å²) in [6.07, 6.45) is 3.91. The van der Waals surface area contributed by atoms with Crippen LogP contribution in [-0.4, -0.2) is 29.7 Å². The quantitative estimate of drug-likeness (QED) is 0.635. The molecule has 2 aromatic rings. The van der Waals surface area contributed by atoms with Crippen LogP contribution in [0.15, 0.2) is 53.0 Å². The van der Waals surface area contributed by atoms with E-state index >= 15 is 0 Å². The average Bonchev–Trinajstić information content (AvgIpc) is 2.87. The van der Waals surface area contributed by atoms with Crippen LogP contribution in [0, 0.1) is 5.92 Å². The number of carbonyl (C=O) groups is 2. The lowest BCUT2D eigenvalue weighted by molar-refractivity contribution is -0.136. The highest BCUT2D eigenvalue weighted by atomic mass is 79.9. The number of piperidine rings is 1. The fraction of sp³-hybridized carbons (Fsp3) is 0.391. The molecule has 1 heterocycles. The van der Waals surface area contributed by atoms with Gasteiger partial charge in [0.05, 0.1) is 0 Å². The highest BCUT2D eigenvalue weighted by Gasteiger charge is 2.32. The van der Waals surface area contributed by atoms with Gasteiger partial charge in [0.25, 0.3) is 0 Å². The van der Waals surface area contributed by atoms with Crippen molar-refractivity contribution < 1.29 is 9.59 Å². The van der Waals surface area contributed by atoms with Gasteiger partial charge in [0.1, 0.15) is 0 Å². The maximum atomic E-state index is 13.1. The van der Waals surface area contributed by atoms with Gasteiger partial charge in [0.2, 0.25) is 5.91 Å². The normalized spacial score (nSPS) is 20.9. The van der Waals surface area contributed by atoms with Crippen LogP contribution in [0.1, 0.15) is 53.1 Å². The second-order valence-electron chi connectivity index (χ2n) is 7.67. The Labute approximate surface area is 168 Å². The first kappa shape index (κ1) is 18.4. The van der Waals surface area contributed by atoms with Crippen LogP contribution in [0.4, 0.5) is 0 Å². The molecule has 0 bridgehead atoms. The van der Waals surface area contributed by atoms with Gasteiger partial charge in [0, 0.05) is 35.5 Å². The maximum absolute atomic E-state index is 13.1. The van der Waals surface area contributed by atoms with Gasteiger partial charge in [-0.25, -0.2) is 0 Å². The molecule has 0 aromatic heterocycles. The van der Waals surface area contributed by atoms with Crippen molar-refractivity contribution in [3.63, 3.8) is 0 Å². The molecule has 1 unspecified atom stereocenters. The van der Waals surface area contributed by atoms with E-state index in [4.69, 9.17) is 0 Å². The molecule has 2 aliphatic rings. The molecule has 3 nitrogen and oxygen atoms in total. The molecule has 1 amide bonds. The summed E-state index contributed by atoms with van der Waals surface area (Å²) in [4.78, 5) is 27.7. The second-order valence-corrected chi connectivity index (χ2v) is 8.59. The molecule has 1 aliphatic carbocycles. The highest BCUT2D eigenvalue weighted by molar-refractivity contribution is 9.10. The summed E-state index contributed by atoms with van der Waals surface area (Å²) in [6, 6.07) is 16.3. The van der Waals surface area contributed by atoms with Gasteiger partial charge in [-0.2, -0.15) is 0 Å². The van der Waals surface area contributed by atoms with Gasteiger partial charge < -0.3 is 4.90 Å². The molecule has 27 heavy (non-hydrogen) atoms. The van der Waals surface area contributed by atoms with Crippen LogP contribution in [0.2, 0.25) is 0 Å². The summed E-state index contributed by atoms with van der Waals surface area (Å²) in [5.74, 6) is 0.619. The Kier molecular flexibility index (Phi) is 5.44. The van der Waals surface area contributed by atoms with Crippen molar-refractivity contribution in [3.8, 4) is 0 Å². The van der Waals surface area contributed by atoms with E-state index in [1.165, 1.54) is 5.56 Å². The van der Waals surface area contributed by atoms with Crippen LogP contribution in [0.3, 0.4) is 0 Å². The Balaban J connectivity index is 1.39. The SMILES string of the molecule is O=C1CC(C(=O)N2CCC(c3cccc(Br)c3)CC2)CCc2ccccc21. The number of halogens is 1. The van der Waals surface area contributed by atoms with Crippen molar-refractivity contribution >= 4 is 27.6 Å². The molecule has 140 valence electrons. The lowest BCUT2D eigenvalue weighted by Crippen LogP contribution is -2.41. The summed E-state index contributed by atoms with van der Waals surface area (Å²) in [5.41, 5.74) is 3.24. The average molecular weight is 426 g/mol. The number of amides is 1. The highest BCUT2D eigenvalue weighted by Crippen LogP contribution is 2.32. The summed E-state index contributed by atoms with van der Waals surface area (Å²) >= 11 is 3.54. The predicted octanol–water partition coefficient (Wildman–Crippen LogP) is 4.99. The minimum absolute atomic E-state index is 0.116. The largest absolute Gasteiger partial charge is 0.342 e. The van der Waals surface area contributed by atoms with Crippen molar-refractivity contribution in [1.82, 2.24) is 4.90 Å². The van der Waals surface area contributed by atoms with Crippen LogP contribution >= 0.6 is 15.9 Å². The number of hydrogen-bond acceptors (Lipinski definition) is 2.